The van der Waals surface area contributed by atoms with E-state index in [0.717, 1.165) is 103 Å². The Labute approximate surface area is 402 Å². The minimum atomic E-state index is -0.896. The molecule has 0 aromatic rings. The molecular formula is C58H90NO7+. The third-order valence-corrected chi connectivity index (χ3v) is 9.98. The van der Waals surface area contributed by atoms with Gasteiger partial charge in [-0.05, 0) is 116 Å². The average molecular weight is 913 g/mol. The van der Waals surface area contributed by atoms with Gasteiger partial charge >= 0.3 is 17.9 Å². The zero-order valence-electron chi connectivity index (χ0n) is 41.8. The lowest BCUT2D eigenvalue weighted by Gasteiger charge is -2.31. The van der Waals surface area contributed by atoms with Gasteiger partial charge in [0.15, 0.2) is 12.1 Å². The van der Waals surface area contributed by atoms with Gasteiger partial charge in [0.05, 0.1) is 34.4 Å². The normalized spacial score (nSPS) is 14.1. The second-order valence-electron chi connectivity index (χ2n) is 17.0. The standard InChI is InChI=1S/C58H89NO7/c1-6-8-10-12-14-16-18-20-22-24-26-28-30-32-34-36-38-40-42-44-46-48-56(60)65-53-54(52-64-51-50-55(58(62)63)59(3,4)5)66-57(61)49-47-45-43-41-39-37-35-33-31-29-27-25-23-21-19-17-15-13-11-9-7-2/h8-11,14-17,20-23,26-29,32-35,38-41,54-55H,6-7,12-13,18-19,24-25,30-31,36-37,42-53H2,1-5H3/p+1/b10-8+,11-9+,16-14+,17-15+,22-20+,23-21+,28-26+,29-27+,34-32+,35-33+,40-38+,41-39+. The van der Waals surface area contributed by atoms with Crippen molar-refractivity contribution in [3.8, 4) is 0 Å². The summed E-state index contributed by atoms with van der Waals surface area (Å²) < 4.78 is 17.2. The third kappa shape index (κ3) is 44.4. The number of hydrogen-bond acceptors (Lipinski definition) is 6. The molecule has 66 heavy (non-hydrogen) atoms. The van der Waals surface area contributed by atoms with Gasteiger partial charge in [0.2, 0.25) is 0 Å². The summed E-state index contributed by atoms with van der Waals surface area (Å²) in [6, 6.07) is -0.641. The van der Waals surface area contributed by atoms with Crippen molar-refractivity contribution in [2.75, 3.05) is 41.0 Å². The Morgan fingerprint density at radius 2 is 0.788 bits per heavy atom. The zero-order chi connectivity index (χ0) is 48.4. The van der Waals surface area contributed by atoms with E-state index in [4.69, 9.17) is 14.2 Å². The second-order valence-corrected chi connectivity index (χ2v) is 17.0. The molecule has 0 rings (SSSR count). The Morgan fingerprint density at radius 3 is 1.12 bits per heavy atom. The molecule has 1 N–H and O–H groups in total. The van der Waals surface area contributed by atoms with Crippen LogP contribution in [0.5, 0.6) is 0 Å². The van der Waals surface area contributed by atoms with E-state index in [0.29, 0.717) is 19.3 Å². The first kappa shape index (κ1) is 61.2. The van der Waals surface area contributed by atoms with Gasteiger partial charge in [0.25, 0.3) is 0 Å². The van der Waals surface area contributed by atoms with Crippen LogP contribution in [0.25, 0.3) is 0 Å². The van der Waals surface area contributed by atoms with E-state index < -0.39 is 18.1 Å². The van der Waals surface area contributed by atoms with Gasteiger partial charge in [-0.3, -0.25) is 9.59 Å². The van der Waals surface area contributed by atoms with Crippen molar-refractivity contribution in [3.63, 3.8) is 0 Å². The molecule has 0 aliphatic carbocycles. The predicted octanol–water partition coefficient (Wildman–Crippen LogP) is 14.5. The largest absolute Gasteiger partial charge is 0.477 e. The molecule has 0 radical (unpaired) electrons. The molecule has 0 spiro atoms. The second kappa shape index (κ2) is 46.7. The van der Waals surface area contributed by atoms with Crippen LogP contribution in [0, 0.1) is 0 Å². The lowest BCUT2D eigenvalue weighted by atomic mass is 10.1. The van der Waals surface area contributed by atoms with Crippen LogP contribution in [-0.2, 0) is 28.6 Å². The van der Waals surface area contributed by atoms with Crippen LogP contribution in [0.1, 0.15) is 149 Å². The molecule has 0 aromatic heterocycles. The van der Waals surface area contributed by atoms with Crippen LogP contribution in [0.2, 0.25) is 0 Å². The van der Waals surface area contributed by atoms with Crippen molar-refractivity contribution in [2.45, 2.75) is 161 Å². The van der Waals surface area contributed by atoms with Gasteiger partial charge in [-0.1, -0.05) is 160 Å². The maximum Gasteiger partial charge on any atom is 0.362 e. The predicted molar refractivity (Wildman–Crippen MR) is 279 cm³/mol. The Balaban J connectivity index is 4.49. The highest BCUT2D eigenvalue weighted by Crippen LogP contribution is 2.11. The summed E-state index contributed by atoms with van der Waals surface area (Å²) in [6.45, 7) is 4.38. The smallest absolute Gasteiger partial charge is 0.362 e. The molecule has 2 unspecified atom stereocenters. The number of nitrogens with zero attached hydrogens (tertiary/aromatic N) is 1. The number of ether oxygens (including phenoxy) is 3. The summed E-state index contributed by atoms with van der Waals surface area (Å²) in [5.74, 6) is -1.60. The van der Waals surface area contributed by atoms with Crippen LogP contribution in [0.15, 0.2) is 146 Å². The Kier molecular flexibility index (Phi) is 43.3. The fourth-order valence-corrected chi connectivity index (χ4v) is 6.21. The van der Waals surface area contributed by atoms with E-state index in [1.165, 1.54) is 0 Å². The van der Waals surface area contributed by atoms with Crippen molar-refractivity contribution < 1.29 is 38.2 Å². The molecule has 0 aromatic carbocycles. The summed E-state index contributed by atoms with van der Waals surface area (Å²) in [4.78, 5) is 37.1. The van der Waals surface area contributed by atoms with Gasteiger partial charge in [-0.2, -0.15) is 0 Å². The first-order valence-electron chi connectivity index (χ1n) is 24.9. The van der Waals surface area contributed by atoms with Crippen molar-refractivity contribution >= 4 is 17.9 Å². The number of aliphatic carboxylic acids is 1. The Hall–Kier alpha value is -4.79. The lowest BCUT2D eigenvalue weighted by molar-refractivity contribution is -0.887. The fourth-order valence-electron chi connectivity index (χ4n) is 6.21. The first-order valence-corrected chi connectivity index (χ1v) is 24.9. The maximum atomic E-state index is 12.8. The number of likely N-dealkylation sites (N-methyl/N-ethyl adjacent to an activating group) is 1. The number of rotatable bonds is 42. The van der Waals surface area contributed by atoms with Gasteiger partial charge < -0.3 is 23.8 Å². The number of quaternary nitrogens is 1. The van der Waals surface area contributed by atoms with Crippen molar-refractivity contribution in [2.24, 2.45) is 0 Å². The van der Waals surface area contributed by atoms with Crippen LogP contribution in [0.4, 0.5) is 0 Å². The first-order chi connectivity index (χ1) is 32.1. The quantitative estimate of drug-likeness (QED) is 0.0282. The number of carboxylic acids is 1. The van der Waals surface area contributed by atoms with Crippen LogP contribution >= 0.6 is 0 Å². The molecule has 8 heteroatoms. The number of carboxylic acid groups (broad SMARTS) is 1. The van der Waals surface area contributed by atoms with E-state index >= 15 is 0 Å². The fraction of sp³-hybridized carbons (Fsp3) is 0.534. The number of hydrogen-bond donors (Lipinski definition) is 1. The van der Waals surface area contributed by atoms with Crippen molar-refractivity contribution in [3.05, 3.63) is 146 Å². The van der Waals surface area contributed by atoms with Crippen LogP contribution in [0.3, 0.4) is 0 Å². The molecule has 0 saturated heterocycles. The average Bonchev–Trinajstić information content (AvgIpc) is 3.28. The monoisotopic (exact) mass is 913 g/mol. The highest BCUT2D eigenvalue weighted by atomic mass is 16.6. The minimum Gasteiger partial charge on any atom is -0.477 e. The van der Waals surface area contributed by atoms with E-state index in [9.17, 15) is 19.5 Å². The molecule has 0 aliphatic rings. The van der Waals surface area contributed by atoms with Crippen LogP contribution in [-0.4, -0.2) is 80.6 Å². The number of unbranched alkanes of at least 4 members (excludes halogenated alkanes) is 4. The number of allylic oxidation sites excluding steroid dienone is 24. The third-order valence-electron chi connectivity index (χ3n) is 9.98. The zero-order valence-corrected chi connectivity index (χ0v) is 41.8. The summed E-state index contributed by atoms with van der Waals surface area (Å²) in [7, 11) is 5.48. The Morgan fingerprint density at radius 1 is 0.455 bits per heavy atom. The molecule has 0 saturated carbocycles. The lowest BCUT2D eigenvalue weighted by Crippen LogP contribution is -2.50. The Bertz CT molecular complexity index is 1580. The molecule has 0 amide bonds. The number of carbonyl (C=O) groups excluding carboxylic acids is 2. The topological polar surface area (TPSA) is 99.1 Å². The molecule has 8 nitrogen and oxygen atoms in total. The van der Waals surface area contributed by atoms with Crippen LogP contribution < -0.4 is 0 Å². The summed E-state index contributed by atoms with van der Waals surface area (Å²) in [6.07, 6.45) is 69.0. The number of carbonyl (C=O) groups is 3. The molecule has 368 valence electrons. The highest BCUT2D eigenvalue weighted by molar-refractivity contribution is 5.72. The SMILES string of the molecule is CC/C=C/C/C=C/C/C=C/C/C=C/C/C=C/C/C=C/CCCCC(=O)OCC(COCCC(C(=O)O)[N+](C)(C)C)OC(=O)CCCC/C=C/C/C=C/C/C=C/C/C=C/C/C=C/C/C=C/CC. The molecule has 0 fully saturated rings. The summed E-state index contributed by atoms with van der Waals surface area (Å²) in [5, 5.41) is 9.65. The van der Waals surface area contributed by atoms with Crippen molar-refractivity contribution in [1.82, 2.24) is 0 Å². The molecular weight excluding hydrogens is 823 g/mol. The maximum absolute atomic E-state index is 12.8. The molecule has 0 aliphatic heterocycles. The summed E-state index contributed by atoms with van der Waals surface area (Å²) >= 11 is 0. The van der Waals surface area contributed by atoms with Gasteiger partial charge in [0, 0.05) is 19.3 Å². The minimum absolute atomic E-state index is 0.0176. The van der Waals surface area contributed by atoms with E-state index in [1.807, 2.05) is 21.1 Å². The van der Waals surface area contributed by atoms with Crippen molar-refractivity contribution in [1.29, 1.82) is 0 Å². The summed E-state index contributed by atoms with van der Waals surface area (Å²) in [5.41, 5.74) is 0. The van der Waals surface area contributed by atoms with Gasteiger partial charge in [-0.15, -0.1) is 0 Å². The molecule has 0 bridgehead atoms. The van der Waals surface area contributed by atoms with Gasteiger partial charge in [0.1, 0.15) is 6.61 Å². The highest BCUT2D eigenvalue weighted by Gasteiger charge is 2.31. The van der Waals surface area contributed by atoms with E-state index in [1.54, 1.807) is 0 Å². The van der Waals surface area contributed by atoms with E-state index in [-0.39, 0.29) is 49.1 Å². The number of esters is 2. The molecule has 0 heterocycles. The van der Waals surface area contributed by atoms with Gasteiger partial charge in [-0.25, -0.2) is 4.79 Å². The molecule has 2 atom stereocenters. The van der Waals surface area contributed by atoms with E-state index in [2.05, 4.69) is 160 Å².